The highest BCUT2D eigenvalue weighted by Crippen LogP contribution is 2.39. The molecule has 0 aliphatic heterocycles. The summed E-state index contributed by atoms with van der Waals surface area (Å²) in [5.41, 5.74) is 4.85. The van der Waals surface area contributed by atoms with Crippen molar-refractivity contribution < 1.29 is 9.47 Å². The van der Waals surface area contributed by atoms with Gasteiger partial charge in [0.2, 0.25) is 0 Å². The molecule has 0 saturated heterocycles. The molecule has 0 N–H and O–H groups in total. The lowest BCUT2D eigenvalue weighted by molar-refractivity contribution is 0.398. The van der Waals surface area contributed by atoms with Gasteiger partial charge in [-0.15, -0.1) is 0 Å². The maximum Gasteiger partial charge on any atom is 0.130 e. The van der Waals surface area contributed by atoms with Crippen LogP contribution in [0.15, 0.2) is 48.5 Å². The first kappa shape index (κ1) is 14.5. The van der Waals surface area contributed by atoms with E-state index in [9.17, 15) is 0 Å². The molecule has 0 heterocycles. The minimum atomic E-state index is 0.809. The molecule has 2 heteroatoms. The van der Waals surface area contributed by atoms with Gasteiger partial charge in [-0.05, 0) is 42.0 Å². The summed E-state index contributed by atoms with van der Waals surface area (Å²) in [5.74, 6) is 1.66. The Hall–Kier alpha value is -2.48. The van der Waals surface area contributed by atoms with Crippen LogP contribution < -0.4 is 9.47 Å². The van der Waals surface area contributed by atoms with E-state index in [1.807, 2.05) is 6.07 Å². The molecule has 22 heavy (non-hydrogen) atoms. The van der Waals surface area contributed by atoms with Crippen LogP contribution in [0, 0.1) is 13.8 Å². The first-order valence-electron chi connectivity index (χ1n) is 7.36. The number of aryl methyl sites for hydroxylation is 2. The summed E-state index contributed by atoms with van der Waals surface area (Å²) in [6, 6.07) is 16.9. The molecule has 3 aromatic rings. The Morgan fingerprint density at radius 3 is 2.14 bits per heavy atom. The van der Waals surface area contributed by atoms with Crippen LogP contribution in [-0.4, -0.2) is 14.2 Å². The molecule has 3 rings (SSSR count). The van der Waals surface area contributed by atoms with E-state index in [0.717, 1.165) is 22.3 Å². The van der Waals surface area contributed by atoms with Crippen LogP contribution in [0.4, 0.5) is 0 Å². The normalized spacial score (nSPS) is 10.7. The number of fused-ring (bicyclic) bond motifs is 1. The van der Waals surface area contributed by atoms with Gasteiger partial charge < -0.3 is 9.47 Å². The van der Waals surface area contributed by atoms with Crippen molar-refractivity contribution in [2.45, 2.75) is 13.8 Å². The zero-order chi connectivity index (χ0) is 15.7. The predicted molar refractivity (Wildman–Crippen MR) is 92.0 cm³/mol. The van der Waals surface area contributed by atoms with E-state index < -0.39 is 0 Å². The van der Waals surface area contributed by atoms with Gasteiger partial charge in [-0.25, -0.2) is 0 Å². The molecule has 0 fully saturated rings. The van der Waals surface area contributed by atoms with Crippen molar-refractivity contribution in [1.29, 1.82) is 0 Å². The van der Waals surface area contributed by atoms with E-state index in [1.54, 1.807) is 14.2 Å². The molecule has 0 atom stereocenters. The molecule has 0 aromatic heterocycles. The lowest BCUT2D eigenvalue weighted by Crippen LogP contribution is -1.92. The smallest absolute Gasteiger partial charge is 0.130 e. The summed E-state index contributed by atoms with van der Waals surface area (Å²) in [6.07, 6.45) is 0. The van der Waals surface area contributed by atoms with Crippen molar-refractivity contribution in [2.75, 3.05) is 14.2 Å². The third-order valence-electron chi connectivity index (χ3n) is 4.08. The minimum Gasteiger partial charge on any atom is -0.497 e. The van der Waals surface area contributed by atoms with Crippen LogP contribution in [0.3, 0.4) is 0 Å². The molecule has 0 saturated carbocycles. The minimum absolute atomic E-state index is 0.809. The molecular formula is C20H20O2. The highest BCUT2D eigenvalue weighted by Gasteiger charge is 2.12. The summed E-state index contributed by atoms with van der Waals surface area (Å²) in [4.78, 5) is 0. The first-order valence-corrected chi connectivity index (χ1v) is 7.36. The van der Waals surface area contributed by atoms with Crippen LogP contribution in [-0.2, 0) is 0 Å². The highest BCUT2D eigenvalue weighted by atomic mass is 16.5. The Bertz CT molecular complexity index is 817. The van der Waals surface area contributed by atoms with E-state index in [1.165, 1.54) is 22.3 Å². The molecule has 3 aromatic carbocycles. The Kier molecular flexibility index (Phi) is 3.76. The summed E-state index contributed by atoms with van der Waals surface area (Å²) in [6.45, 7) is 4.21. The van der Waals surface area contributed by atoms with Crippen LogP contribution >= 0.6 is 0 Å². The van der Waals surface area contributed by atoms with Gasteiger partial charge in [-0.2, -0.15) is 0 Å². The van der Waals surface area contributed by atoms with Crippen molar-refractivity contribution in [3.63, 3.8) is 0 Å². The van der Waals surface area contributed by atoms with Gasteiger partial charge in [-0.1, -0.05) is 42.0 Å². The molecule has 0 amide bonds. The number of ether oxygens (including phenoxy) is 2. The van der Waals surface area contributed by atoms with E-state index in [0.29, 0.717) is 0 Å². The second-order valence-corrected chi connectivity index (χ2v) is 5.55. The molecule has 0 spiro atoms. The van der Waals surface area contributed by atoms with Gasteiger partial charge in [-0.3, -0.25) is 0 Å². The fraction of sp³-hybridized carbons (Fsp3) is 0.200. The van der Waals surface area contributed by atoms with Crippen molar-refractivity contribution >= 4 is 10.8 Å². The maximum absolute atomic E-state index is 5.58. The van der Waals surface area contributed by atoms with Crippen molar-refractivity contribution in [2.24, 2.45) is 0 Å². The van der Waals surface area contributed by atoms with Crippen molar-refractivity contribution in [1.82, 2.24) is 0 Å². The molecule has 0 unspecified atom stereocenters. The predicted octanol–water partition coefficient (Wildman–Crippen LogP) is 5.14. The number of methoxy groups -OCH3 is 2. The number of hydrogen-bond donors (Lipinski definition) is 0. The average molecular weight is 292 g/mol. The van der Waals surface area contributed by atoms with E-state index in [-0.39, 0.29) is 0 Å². The first-order chi connectivity index (χ1) is 10.6. The number of rotatable bonds is 3. The van der Waals surface area contributed by atoms with E-state index >= 15 is 0 Å². The van der Waals surface area contributed by atoms with Gasteiger partial charge in [0.1, 0.15) is 11.5 Å². The SMILES string of the molecule is COc1cc(OC)c2c(C)ccc(-c3ccc(C)cc3)c2c1. The zero-order valence-electron chi connectivity index (χ0n) is 13.4. The molecule has 0 radical (unpaired) electrons. The van der Waals surface area contributed by atoms with Crippen LogP contribution in [0.5, 0.6) is 11.5 Å². The summed E-state index contributed by atoms with van der Waals surface area (Å²) < 4.78 is 11.0. The standard InChI is InChI=1S/C20H20O2/c1-13-5-8-15(9-6-13)17-10-7-14(2)20-18(17)11-16(21-3)12-19(20)22-4/h5-12H,1-4H3. The summed E-state index contributed by atoms with van der Waals surface area (Å²) in [7, 11) is 3.38. The molecule has 0 bridgehead atoms. The van der Waals surface area contributed by atoms with Gasteiger partial charge in [0.05, 0.1) is 14.2 Å². The van der Waals surface area contributed by atoms with E-state index in [4.69, 9.17) is 9.47 Å². The van der Waals surface area contributed by atoms with E-state index in [2.05, 4.69) is 56.3 Å². The third-order valence-corrected chi connectivity index (χ3v) is 4.08. The van der Waals surface area contributed by atoms with Gasteiger partial charge in [0, 0.05) is 11.5 Å². The number of hydrogen-bond acceptors (Lipinski definition) is 2. The Morgan fingerprint density at radius 2 is 1.50 bits per heavy atom. The van der Waals surface area contributed by atoms with Crippen LogP contribution in [0.2, 0.25) is 0 Å². The summed E-state index contributed by atoms with van der Waals surface area (Å²) in [5, 5.41) is 2.29. The lowest BCUT2D eigenvalue weighted by Gasteiger charge is -2.14. The van der Waals surface area contributed by atoms with Crippen LogP contribution in [0.25, 0.3) is 21.9 Å². The topological polar surface area (TPSA) is 18.5 Å². The Morgan fingerprint density at radius 1 is 0.773 bits per heavy atom. The van der Waals surface area contributed by atoms with Crippen molar-refractivity contribution in [3.8, 4) is 22.6 Å². The fourth-order valence-corrected chi connectivity index (χ4v) is 2.85. The second-order valence-electron chi connectivity index (χ2n) is 5.55. The average Bonchev–Trinajstić information content (AvgIpc) is 2.55. The zero-order valence-corrected chi connectivity index (χ0v) is 13.4. The maximum atomic E-state index is 5.58. The molecule has 0 aliphatic rings. The highest BCUT2D eigenvalue weighted by molar-refractivity contribution is 6.02. The number of benzene rings is 3. The quantitative estimate of drug-likeness (QED) is 0.665. The Labute approximate surface area is 131 Å². The molecule has 112 valence electrons. The Balaban J connectivity index is 2.36. The van der Waals surface area contributed by atoms with Gasteiger partial charge >= 0.3 is 0 Å². The van der Waals surface area contributed by atoms with Gasteiger partial charge in [0.25, 0.3) is 0 Å². The van der Waals surface area contributed by atoms with Crippen LogP contribution in [0.1, 0.15) is 11.1 Å². The van der Waals surface area contributed by atoms with Crippen molar-refractivity contribution in [3.05, 3.63) is 59.7 Å². The molecule has 0 aliphatic carbocycles. The van der Waals surface area contributed by atoms with Gasteiger partial charge in [0.15, 0.2) is 0 Å². The second kappa shape index (κ2) is 5.72. The molecule has 2 nitrogen and oxygen atoms in total. The summed E-state index contributed by atoms with van der Waals surface area (Å²) >= 11 is 0. The third kappa shape index (κ3) is 2.41. The fourth-order valence-electron chi connectivity index (χ4n) is 2.85. The largest absolute Gasteiger partial charge is 0.497 e. The molecular weight excluding hydrogens is 272 g/mol. The monoisotopic (exact) mass is 292 g/mol. The lowest BCUT2D eigenvalue weighted by atomic mass is 9.94.